The third kappa shape index (κ3) is 6.07. The summed E-state index contributed by atoms with van der Waals surface area (Å²) in [7, 11) is -8.64. The fraction of sp³-hybridized carbons (Fsp3) is 0.222. The van der Waals surface area contributed by atoms with Crippen LogP contribution >= 0.6 is 0 Å². The highest BCUT2D eigenvalue weighted by atomic mass is 32.2. The van der Waals surface area contributed by atoms with Crippen LogP contribution in [0.15, 0.2) is 68.6 Å². The molecule has 0 aliphatic carbocycles. The molecule has 0 N–H and O–H groups in total. The summed E-state index contributed by atoms with van der Waals surface area (Å²) in [5.41, 5.74) is 0.0509. The van der Waals surface area contributed by atoms with Gasteiger partial charge in [-0.3, -0.25) is 8.57 Å². The summed E-state index contributed by atoms with van der Waals surface area (Å²) in [5.74, 6) is -1.24. The number of hydrogen-bond donors (Lipinski definition) is 0. The molecule has 0 saturated carbocycles. The van der Waals surface area contributed by atoms with E-state index in [0.29, 0.717) is 0 Å². The molecule has 2 aromatic rings. The van der Waals surface area contributed by atoms with Gasteiger partial charge in [0.2, 0.25) is 0 Å². The van der Waals surface area contributed by atoms with Gasteiger partial charge in [-0.05, 0) is 61.4 Å². The summed E-state index contributed by atoms with van der Waals surface area (Å²) in [5, 5.41) is 7.10. The second kappa shape index (κ2) is 9.76. The second-order valence-electron chi connectivity index (χ2n) is 5.75. The van der Waals surface area contributed by atoms with Crippen molar-refractivity contribution in [3.63, 3.8) is 0 Å². The lowest BCUT2D eigenvalue weighted by Crippen LogP contribution is -2.16. The first kappa shape index (κ1) is 23.4. The van der Waals surface area contributed by atoms with Crippen molar-refractivity contribution >= 4 is 31.7 Å². The van der Waals surface area contributed by atoms with Crippen LogP contribution in [-0.4, -0.2) is 28.3 Å². The van der Waals surface area contributed by atoms with Crippen LogP contribution in [0.3, 0.4) is 0 Å². The molecule has 0 saturated heterocycles. The summed E-state index contributed by atoms with van der Waals surface area (Å²) >= 11 is 0. The first-order chi connectivity index (χ1) is 14.1. The zero-order chi connectivity index (χ0) is 22.4. The van der Waals surface area contributed by atoms with E-state index < -0.39 is 31.9 Å². The Kier molecular flexibility index (Phi) is 7.62. The fourth-order valence-corrected chi connectivity index (χ4v) is 3.61. The van der Waals surface area contributed by atoms with Crippen molar-refractivity contribution in [3.8, 4) is 0 Å². The van der Waals surface area contributed by atoms with E-state index in [0.717, 1.165) is 48.5 Å². The Morgan fingerprint density at radius 2 is 1.00 bits per heavy atom. The highest BCUT2D eigenvalue weighted by molar-refractivity contribution is 7.87. The van der Waals surface area contributed by atoms with Gasteiger partial charge in [-0.25, -0.2) is 8.78 Å². The van der Waals surface area contributed by atoms with E-state index in [1.54, 1.807) is 13.8 Å². The van der Waals surface area contributed by atoms with Crippen molar-refractivity contribution in [1.82, 2.24) is 0 Å². The van der Waals surface area contributed by atoms with E-state index >= 15 is 0 Å². The molecule has 12 heteroatoms. The molecule has 2 aromatic carbocycles. The van der Waals surface area contributed by atoms with Crippen molar-refractivity contribution in [1.29, 1.82) is 0 Å². The summed E-state index contributed by atoms with van der Waals surface area (Å²) in [6.07, 6.45) is 0.289. The Labute approximate surface area is 173 Å². The van der Waals surface area contributed by atoms with Crippen LogP contribution in [0.2, 0.25) is 0 Å². The van der Waals surface area contributed by atoms with Crippen LogP contribution in [0.5, 0.6) is 0 Å². The average Bonchev–Trinajstić information content (AvgIpc) is 2.71. The van der Waals surface area contributed by atoms with Gasteiger partial charge in [-0.1, -0.05) is 24.2 Å². The third-order valence-electron chi connectivity index (χ3n) is 3.70. The van der Waals surface area contributed by atoms with Crippen LogP contribution in [0, 0.1) is 11.6 Å². The van der Waals surface area contributed by atoms with E-state index in [1.165, 1.54) is 0 Å². The summed E-state index contributed by atoms with van der Waals surface area (Å²) < 4.78 is 83.8. The predicted octanol–water partition coefficient (Wildman–Crippen LogP) is 3.61. The van der Waals surface area contributed by atoms with Crippen LogP contribution in [0.1, 0.15) is 26.7 Å². The van der Waals surface area contributed by atoms with Crippen LogP contribution in [0.25, 0.3) is 0 Å². The Bertz CT molecular complexity index is 1050. The van der Waals surface area contributed by atoms with Crippen molar-refractivity contribution < 1.29 is 34.2 Å². The molecule has 0 fully saturated rings. The lowest BCUT2D eigenvalue weighted by molar-refractivity contribution is 0.333. The van der Waals surface area contributed by atoms with Crippen molar-refractivity contribution in [2.24, 2.45) is 10.3 Å². The average molecular weight is 460 g/mol. The monoisotopic (exact) mass is 460 g/mol. The van der Waals surface area contributed by atoms with Crippen molar-refractivity contribution in [2.45, 2.75) is 36.5 Å². The standard InChI is InChI=1S/C18H18F2N2O6S2/c1-3-17(21-27-29(23,24)15-9-5-13(19)6-10-15)18(4-2)22-28-30(25,26)16-11-7-14(20)8-12-16/h5-12H,3-4H2,1-2H3. The van der Waals surface area contributed by atoms with Crippen LogP contribution in [-0.2, 0) is 28.8 Å². The quantitative estimate of drug-likeness (QED) is 0.417. The maximum Gasteiger partial charge on any atom is 0.358 e. The van der Waals surface area contributed by atoms with Gasteiger partial charge in [0.05, 0.1) is 0 Å². The van der Waals surface area contributed by atoms with E-state index in [2.05, 4.69) is 18.9 Å². The first-order valence-electron chi connectivity index (χ1n) is 8.61. The maximum absolute atomic E-state index is 13.0. The van der Waals surface area contributed by atoms with E-state index in [4.69, 9.17) is 0 Å². The number of halogens is 2. The summed E-state index contributed by atoms with van der Waals surface area (Å²) in [6.45, 7) is 3.23. The van der Waals surface area contributed by atoms with Gasteiger partial charge in [-0.15, -0.1) is 0 Å². The molecule has 0 aliphatic heterocycles. The number of rotatable bonds is 9. The van der Waals surface area contributed by atoms with Gasteiger partial charge < -0.3 is 0 Å². The summed E-state index contributed by atoms with van der Waals surface area (Å²) in [6, 6.07) is 7.86. The lowest BCUT2D eigenvalue weighted by atomic mass is 10.1. The number of benzene rings is 2. The minimum atomic E-state index is -4.32. The molecule has 0 atom stereocenters. The molecule has 2 rings (SSSR count). The molecule has 0 unspecified atom stereocenters. The lowest BCUT2D eigenvalue weighted by Gasteiger charge is -2.07. The van der Waals surface area contributed by atoms with Crippen molar-refractivity contribution in [2.75, 3.05) is 0 Å². The summed E-state index contributed by atoms with van der Waals surface area (Å²) in [4.78, 5) is -0.624. The van der Waals surface area contributed by atoms with E-state index in [9.17, 15) is 25.6 Å². The minimum Gasteiger partial charge on any atom is -0.264 e. The normalized spacial score (nSPS) is 13.2. The zero-order valence-electron chi connectivity index (χ0n) is 15.9. The van der Waals surface area contributed by atoms with Gasteiger partial charge in [-0.2, -0.15) is 16.8 Å². The highest BCUT2D eigenvalue weighted by Gasteiger charge is 2.19. The van der Waals surface area contributed by atoms with Gasteiger partial charge in [0.1, 0.15) is 32.8 Å². The Hall–Kier alpha value is -2.86. The number of oxime groups is 2. The van der Waals surface area contributed by atoms with Gasteiger partial charge >= 0.3 is 20.2 Å². The minimum absolute atomic E-state index is 0.0255. The van der Waals surface area contributed by atoms with E-state index in [-0.39, 0.29) is 34.1 Å². The number of hydrogen-bond acceptors (Lipinski definition) is 8. The first-order valence-corrected chi connectivity index (χ1v) is 11.4. The fourth-order valence-electron chi connectivity index (χ4n) is 2.12. The zero-order valence-corrected chi connectivity index (χ0v) is 17.6. The molecule has 0 amide bonds. The largest absolute Gasteiger partial charge is 0.358 e. The molecule has 162 valence electrons. The van der Waals surface area contributed by atoms with Gasteiger partial charge in [0.15, 0.2) is 0 Å². The molecular formula is C18H18F2N2O6S2. The highest BCUT2D eigenvalue weighted by Crippen LogP contribution is 2.15. The van der Waals surface area contributed by atoms with Crippen molar-refractivity contribution in [3.05, 3.63) is 60.2 Å². The molecule has 30 heavy (non-hydrogen) atoms. The smallest absolute Gasteiger partial charge is 0.264 e. The molecule has 0 radical (unpaired) electrons. The second-order valence-corrected chi connectivity index (χ2v) is 8.81. The Balaban J connectivity index is 2.23. The molecule has 0 spiro atoms. The van der Waals surface area contributed by atoms with E-state index in [1.807, 2.05) is 0 Å². The molecule has 0 aliphatic rings. The molecular weight excluding hydrogens is 442 g/mol. The Morgan fingerprint density at radius 3 is 1.27 bits per heavy atom. The molecule has 0 bridgehead atoms. The topological polar surface area (TPSA) is 111 Å². The van der Waals surface area contributed by atoms with Gasteiger partial charge in [0, 0.05) is 0 Å². The third-order valence-corrected chi connectivity index (χ3v) is 5.94. The molecule has 0 aromatic heterocycles. The molecule has 8 nitrogen and oxygen atoms in total. The predicted molar refractivity (Wildman–Crippen MR) is 105 cm³/mol. The Morgan fingerprint density at radius 1 is 0.700 bits per heavy atom. The maximum atomic E-state index is 13.0. The SMILES string of the molecule is CCC(=NOS(=O)(=O)c1ccc(F)cc1)C(CC)=NOS(=O)(=O)c1ccc(F)cc1. The van der Waals surface area contributed by atoms with Gasteiger partial charge in [0.25, 0.3) is 0 Å². The van der Waals surface area contributed by atoms with Crippen LogP contribution in [0.4, 0.5) is 8.78 Å². The number of nitrogens with zero attached hydrogens (tertiary/aromatic N) is 2. The molecule has 0 heterocycles. The van der Waals surface area contributed by atoms with Crippen LogP contribution < -0.4 is 0 Å².